The van der Waals surface area contributed by atoms with E-state index in [2.05, 4.69) is 5.32 Å². The second-order valence-corrected chi connectivity index (χ2v) is 6.52. The van der Waals surface area contributed by atoms with E-state index in [1.165, 1.54) is 18.2 Å². The quantitative estimate of drug-likeness (QED) is 0.859. The lowest BCUT2D eigenvalue weighted by Crippen LogP contribution is -2.38. The van der Waals surface area contributed by atoms with E-state index in [0.29, 0.717) is 10.7 Å². The molecule has 0 spiro atoms. The number of anilines is 1. The van der Waals surface area contributed by atoms with Gasteiger partial charge in [0.15, 0.2) is 0 Å². The van der Waals surface area contributed by atoms with E-state index in [-0.39, 0.29) is 11.5 Å². The Bertz CT molecular complexity index is 767. The Morgan fingerprint density at radius 2 is 1.71 bits per heavy atom. The zero-order valence-electron chi connectivity index (χ0n) is 13.1. The van der Waals surface area contributed by atoms with Crippen molar-refractivity contribution in [2.75, 3.05) is 5.32 Å². The lowest BCUT2D eigenvalue weighted by molar-refractivity contribution is -0.121. The molecule has 4 nitrogen and oxygen atoms in total. The van der Waals surface area contributed by atoms with E-state index in [4.69, 9.17) is 16.7 Å². The minimum atomic E-state index is -1.05. The summed E-state index contributed by atoms with van der Waals surface area (Å²) in [6.07, 6.45) is 3.54. The van der Waals surface area contributed by atoms with Crippen molar-refractivity contribution in [3.63, 3.8) is 0 Å². The Labute approximate surface area is 145 Å². The van der Waals surface area contributed by atoms with Crippen molar-refractivity contribution < 1.29 is 14.7 Å². The van der Waals surface area contributed by atoms with Gasteiger partial charge in [0.1, 0.15) is 0 Å². The molecule has 0 aromatic heterocycles. The summed E-state index contributed by atoms with van der Waals surface area (Å²) in [5.41, 5.74) is 0.841. The van der Waals surface area contributed by atoms with Gasteiger partial charge in [-0.05, 0) is 36.6 Å². The fourth-order valence-electron chi connectivity index (χ4n) is 3.38. The number of aromatic carboxylic acids is 1. The van der Waals surface area contributed by atoms with Crippen LogP contribution < -0.4 is 5.32 Å². The molecular formula is C19H18ClNO3. The molecule has 0 unspecified atom stereocenters. The van der Waals surface area contributed by atoms with E-state index < -0.39 is 11.4 Å². The van der Waals surface area contributed by atoms with Gasteiger partial charge in [-0.1, -0.05) is 54.8 Å². The predicted octanol–water partition coefficient (Wildman–Crippen LogP) is 4.49. The molecule has 1 aliphatic carbocycles. The highest BCUT2D eigenvalue weighted by molar-refractivity contribution is 6.34. The second kappa shape index (κ2) is 6.65. The van der Waals surface area contributed by atoms with E-state index in [9.17, 15) is 9.59 Å². The summed E-state index contributed by atoms with van der Waals surface area (Å²) in [4.78, 5) is 24.2. The first-order chi connectivity index (χ1) is 11.5. The van der Waals surface area contributed by atoms with Crippen LogP contribution in [0.25, 0.3) is 0 Å². The van der Waals surface area contributed by atoms with Gasteiger partial charge in [0, 0.05) is 0 Å². The van der Waals surface area contributed by atoms with Crippen molar-refractivity contribution >= 4 is 29.2 Å². The average molecular weight is 344 g/mol. The second-order valence-electron chi connectivity index (χ2n) is 6.11. The summed E-state index contributed by atoms with van der Waals surface area (Å²) in [7, 11) is 0. The Morgan fingerprint density at radius 1 is 1.04 bits per heavy atom. The molecule has 2 aromatic rings. The van der Waals surface area contributed by atoms with Crippen LogP contribution in [-0.4, -0.2) is 17.0 Å². The summed E-state index contributed by atoms with van der Waals surface area (Å²) in [6, 6.07) is 14.0. The van der Waals surface area contributed by atoms with Gasteiger partial charge in [-0.2, -0.15) is 0 Å². The smallest absolute Gasteiger partial charge is 0.335 e. The third kappa shape index (κ3) is 3.02. The first kappa shape index (κ1) is 16.5. The van der Waals surface area contributed by atoms with E-state index in [0.717, 1.165) is 31.2 Å². The molecule has 3 rings (SSSR count). The molecule has 0 heterocycles. The number of rotatable bonds is 4. The monoisotopic (exact) mass is 343 g/mol. The average Bonchev–Trinajstić information content (AvgIpc) is 3.08. The van der Waals surface area contributed by atoms with Gasteiger partial charge in [0.25, 0.3) is 0 Å². The molecule has 2 aromatic carbocycles. The standard InChI is InChI=1S/C19H18ClNO3/c20-15-9-8-13(17(22)23)12-16(15)21-18(24)19(10-4-5-11-19)14-6-2-1-3-7-14/h1-3,6-9,12H,4-5,10-11H2,(H,21,24)(H,22,23). The number of hydrogen-bond acceptors (Lipinski definition) is 2. The van der Waals surface area contributed by atoms with Crippen molar-refractivity contribution in [1.82, 2.24) is 0 Å². The normalized spacial score (nSPS) is 15.9. The molecule has 0 saturated heterocycles. The van der Waals surface area contributed by atoms with Gasteiger partial charge in [0.05, 0.1) is 21.7 Å². The van der Waals surface area contributed by atoms with Crippen LogP contribution in [0, 0.1) is 0 Å². The van der Waals surface area contributed by atoms with Gasteiger partial charge in [-0.25, -0.2) is 4.79 Å². The van der Waals surface area contributed by atoms with Crippen LogP contribution in [0.15, 0.2) is 48.5 Å². The molecule has 2 N–H and O–H groups in total. The Hall–Kier alpha value is -2.33. The number of carbonyl (C=O) groups excluding carboxylic acids is 1. The fourth-order valence-corrected chi connectivity index (χ4v) is 3.54. The molecule has 1 saturated carbocycles. The maximum atomic E-state index is 13.1. The fraction of sp³-hybridized carbons (Fsp3) is 0.263. The number of halogens is 1. The minimum absolute atomic E-state index is 0.0925. The van der Waals surface area contributed by atoms with Crippen molar-refractivity contribution in [3.8, 4) is 0 Å². The summed E-state index contributed by atoms with van der Waals surface area (Å²) in [5.74, 6) is -1.18. The maximum Gasteiger partial charge on any atom is 0.335 e. The molecule has 1 amide bonds. The molecule has 124 valence electrons. The number of benzene rings is 2. The van der Waals surface area contributed by atoms with Gasteiger partial charge >= 0.3 is 5.97 Å². The molecule has 0 radical (unpaired) electrons. The highest BCUT2D eigenvalue weighted by Gasteiger charge is 2.42. The molecule has 24 heavy (non-hydrogen) atoms. The molecular weight excluding hydrogens is 326 g/mol. The van der Waals surface area contributed by atoms with Crippen LogP contribution in [0.2, 0.25) is 5.02 Å². The Kier molecular flexibility index (Phi) is 4.58. The van der Waals surface area contributed by atoms with Crippen LogP contribution in [-0.2, 0) is 10.2 Å². The first-order valence-electron chi connectivity index (χ1n) is 7.93. The largest absolute Gasteiger partial charge is 0.478 e. The number of nitrogens with one attached hydrogen (secondary N) is 1. The lowest BCUT2D eigenvalue weighted by atomic mass is 9.78. The Morgan fingerprint density at radius 3 is 2.33 bits per heavy atom. The summed E-state index contributed by atoms with van der Waals surface area (Å²) < 4.78 is 0. The molecule has 0 aliphatic heterocycles. The molecule has 1 aliphatic rings. The summed E-state index contributed by atoms with van der Waals surface area (Å²) >= 11 is 6.14. The van der Waals surface area contributed by atoms with Gasteiger partial charge in [0.2, 0.25) is 5.91 Å². The topological polar surface area (TPSA) is 66.4 Å². The lowest BCUT2D eigenvalue weighted by Gasteiger charge is -2.28. The highest BCUT2D eigenvalue weighted by atomic mass is 35.5. The molecule has 5 heteroatoms. The molecule has 1 fully saturated rings. The summed E-state index contributed by atoms with van der Waals surface area (Å²) in [5, 5.41) is 12.3. The number of hydrogen-bond donors (Lipinski definition) is 2. The van der Waals surface area contributed by atoms with Crippen molar-refractivity contribution in [3.05, 3.63) is 64.7 Å². The zero-order chi connectivity index (χ0) is 17.2. The minimum Gasteiger partial charge on any atom is -0.478 e. The van der Waals surface area contributed by atoms with E-state index in [1.807, 2.05) is 30.3 Å². The number of carbonyl (C=O) groups is 2. The van der Waals surface area contributed by atoms with Gasteiger partial charge in [-0.15, -0.1) is 0 Å². The highest BCUT2D eigenvalue weighted by Crippen LogP contribution is 2.42. The van der Waals surface area contributed by atoms with Gasteiger partial charge < -0.3 is 10.4 Å². The molecule has 0 atom stereocenters. The predicted molar refractivity (Wildman–Crippen MR) is 93.6 cm³/mol. The Balaban J connectivity index is 1.93. The third-order valence-corrected chi connectivity index (χ3v) is 5.01. The summed E-state index contributed by atoms with van der Waals surface area (Å²) in [6.45, 7) is 0. The molecule has 0 bridgehead atoms. The third-order valence-electron chi connectivity index (χ3n) is 4.68. The maximum absolute atomic E-state index is 13.1. The van der Waals surface area contributed by atoms with Crippen LogP contribution in [0.3, 0.4) is 0 Å². The van der Waals surface area contributed by atoms with E-state index in [1.54, 1.807) is 0 Å². The zero-order valence-corrected chi connectivity index (χ0v) is 13.8. The van der Waals surface area contributed by atoms with Crippen molar-refractivity contribution in [2.45, 2.75) is 31.1 Å². The van der Waals surface area contributed by atoms with Crippen LogP contribution in [0.5, 0.6) is 0 Å². The van der Waals surface area contributed by atoms with Crippen LogP contribution >= 0.6 is 11.6 Å². The number of amides is 1. The number of carboxylic acid groups (broad SMARTS) is 1. The van der Waals surface area contributed by atoms with E-state index >= 15 is 0 Å². The van der Waals surface area contributed by atoms with Crippen molar-refractivity contribution in [2.24, 2.45) is 0 Å². The first-order valence-corrected chi connectivity index (χ1v) is 8.30. The van der Waals surface area contributed by atoms with Crippen LogP contribution in [0.1, 0.15) is 41.6 Å². The van der Waals surface area contributed by atoms with Gasteiger partial charge in [-0.3, -0.25) is 4.79 Å². The van der Waals surface area contributed by atoms with Crippen LogP contribution in [0.4, 0.5) is 5.69 Å². The number of carboxylic acids is 1. The SMILES string of the molecule is O=C(O)c1ccc(Cl)c(NC(=O)C2(c3ccccc3)CCCC2)c1. The van der Waals surface area contributed by atoms with Crippen molar-refractivity contribution in [1.29, 1.82) is 0 Å².